The van der Waals surface area contributed by atoms with Crippen LogP contribution in [0.5, 0.6) is 0 Å². The van der Waals surface area contributed by atoms with Crippen molar-refractivity contribution in [2.45, 2.75) is 45.3 Å². The fraction of sp³-hybridized carbons (Fsp3) is 0.571. The highest BCUT2D eigenvalue weighted by atomic mass is 16.5. The molecule has 0 spiro atoms. The zero-order valence-electron chi connectivity index (χ0n) is 12.2. The maximum absolute atomic E-state index is 9.32. The summed E-state index contributed by atoms with van der Waals surface area (Å²) in [5.74, 6) is 0.458. The number of nitrogen functional groups attached to an aromatic ring is 1. The second kappa shape index (κ2) is 5.76. The minimum atomic E-state index is -0.451. The average molecular weight is 278 g/mol. The fourth-order valence-electron chi connectivity index (χ4n) is 2.44. The Kier molecular flexibility index (Phi) is 4.25. The molecule has 20 heavy (non-hydrogen) atoms. The summed E-state index contributed by atoms with van der Waals surface area (Å²) in [5.41, 5.74) is 7.08. The van der Waals surface area contributed by atoms with Crippen LogP contribution in [0.1, 0.15) is 45.4 Å². The highest BCUT2D eigenvalue weighted by Crippen LogP contribution is 2.39. The molecule has 0 saturated carbocycles. The summed E-state index contributed by atoms with van der Waals surface area (Å²) < 4.78 is 7.68. The van der Waals surface area contributed by atoms with Gasteiger partial charge in [-0.05, 0) is 31.9 Å². The summed E-state index contributed by atoms with van der Waals surface area (Å²) in [6, 6.07) is 3.84. The van der Waals surface area contributed by atoms with E-state index < -0.39 is 5.60 Å². The van der Waals surface area contributed by atoms with Crippen LogP contribution >= 0.6 is 0 Å². The predicted octanol–water partition coefficient (Wildman–Crippen LogP) is 1.94. The number of nitrogens with two attached hydrogens (primary N) is 1. The van der Waals surface area contributed by atoms with E-state index in [2.05, 4.69) is 10.1 Å². The molecule has 0 aliphatic carbocycles. The molecular formula is C14H22N4O2. The van der Waals surface area contributed by atoms with Crippen molar-refractivity contribution >= 4 is 11.3 Å². The lowest BCUT2D eigenvalue weighted by Gasteiger charge is -2.21. The summed E-state index contributed by atoms with van der Waals surface area (Å²) in [7, 11) is 0. The van der Waals surface area contributed by atoms with Gasteiger partial charge in [0.25, 0.3) is 0 Å². The molecule has 3 rings (SSSR count). The van der Waals surface area contributed by atoms with E-state index in [1.54, 1.807) is 4.52 Å². The molecule has 2 atom stereocenters. The van der Waals surface area contributed by atoms with Crippen molar-refractivity contribution in [3.63, 3.8) is 0 Å². The third-order valence-electron chi connectivity index (χ3n) is 3.54. The van der Waals surface area contributed by atoms with E-state index in [1.165, 1.54) is 6.33 Å². The number of aliphatic hydroxyl groups excluding tert-OH is 1. The minimum absolute atomic E-state index is 0.0317. The number of fused-ring (bicyclic) bond motifs is 1. The van der Waals surface area contributed by atoms with E-state index in [-0.39, 0.29) is 12.7 Å². The highest BCUT2D eigenvalue weighted by Gasteiger charge is 2.37. The highest BCUT2D eigenvalue weighted by molar-refractivity contribution is 5.65. The molecule has 6 nitrogen and oxygen atoms in total. The molecule has 0 radical (unpaired) electrons. The quantitative estimate of drug-likeness (QED) is 0.876. The number of aromatic nitrogens is 3. The van der Waals surface area contributed by atoms with Crippen molar-refractivity contribution in [3.05, 3.63) is 24.2 Å². The fourth-order valence-corrected chi connectivity index (χ4v) is 2.44. The second-order valence-electron chi connectivity index (χ2n) is 4.95. The van der Waals surface area contributed by atoms with Crippen LogP contribution in [0.15, 0.2) is 18.5 Å². The smallest absolute Gasteiger partial charge is 0.151 e. The monoisotopic (exact) mass is 278 g/mol. The molecule has 110 valence electrons. The number of hydrogen-bond donors (Lipinski definition) is 2. The third kappa shape index (κ3) is 2.48. The van der Waals surface area contributed by atoms with Crippen LogP contribution in [0.25, 0.3) is 5.52 Å². The molecule has 2 aromatic heterocycles. The van der Waals surface area contributed by atoms with Crippen molar-refractivity contribution in [3.8, 4) is 0 Å². The zero-order valence-corrected chi connectivity index (χ0v) is 12.2. The second-order valence-corrected chi connectivity index (χ2v) is 4.95. The first-order valence-corrected chi connectivity index (χ1v) is 7.00. The molecule has 1 unspecified atom stereocenters. The lowest BCUT2D eigenvalue weighted by atomic mass is 10.0. The maximum Gasteiger partial charge on any atom is 0.151 e. The number of aliphatic hydroxyl groups is 1. The number of nitrogens with zero attached hydrogens (tertiary/aromatic N) is 3. The molecule has 0 bridgehead atoms. The van der Waals surface area contributed by atoms with Crippen LogP contribution in [0.3, 0.4) is 0 Å². The summed E-state index contributed by atoms with van der Waals surface area (Å²) in [6.07, 6.45) is 3.08. The molecular weight excluding hydrogens is 256 g/mol. The Labute approximate surface area is 118 Å². The van der Waals surface area contributed by atoms with Crippen molar-refractivity contribution in [2.75, 3.05) is 12.3 Å². The van der Waals surface area contributed by atoms with Gasteiger partial charge in [0, 0.05) is 0 Å². The van der Waals surface area contributed by atoms with Gasteiger partial charge in [0.15, 0.2) is 5.82 Å². The van der Waals surface area contributed by atoms with Gasteiger partial charge < -0.3 is 15.6 Å². The standard InChI is InChI=1S/C12H16N4O2.C2H6/c1-12(6-17)5-4-10(18-12)8-2-3-9-11(13)14-7-15-16(8)9;1-2/h2-3,7,10,17H,4-6H2,1H3,(H2,13,14,15);1-2H3/t10?,12-;/m0./s1. The van der Waals surface area contributed by atoms with Gasteiger partial charge in [0.1, 0.15) is 17.9 Å². The molecule has 3 N–H and O–H groups in total. The van der Waals surface area contributed by atoms with Crippen molar-refractivity contribution in [2.24, 2.45) is 0 Å². The van der Waals surface area contributed by atoms with Crippen molar-refractivity contribution in [1.82, 2.24) is 14.6 Å². The zero-order chi connectivity index (χ0) is 14.8. The Balaban J connectivity index is 0.000000704. The van der Waals surface area contributed by atoms with Crippen LogP contribution in [0.2, 0.25) is 0 Å². The molecule has 1 fully saturated rings. The van der Waals surface area contributed by atoms with E-state index >= 15 is 0 Å². The first-order chi connectivity index (χ1) is 9.63. The normalized spacial score (nSPS) is 25.5. The van der Waals surface area contributed by atoms with Crippen LogP contribution in [0.4, 0.5) is 5.82 Å². The Bertz CT molecular complexity index is 584. The summed E-state index contributed by atoms with van der Waals surface area (Å²) >= 11 is 0. The van der Waals surface area contributed by atoms with Gasteiger partial charge >= 0.3 is 0 Å². The van der Waals surface area contributed by atoms with Crippen LogP contribution in [-0.2, 0) is 4.74 Å². The minimum Gasteiger partial charge on any atom is -0.393 e. The SMILES string of the molecule is CC.C[C@@]1(CO)CCC(c2ccc3c(N)ncnn23)O1. The molecule has 2 aromatic rings. The number of rotatable bonds is 2. The number of hydrogen-bond acceptors (Lipinski definition) is 5. The molecule has 0 amide bonds. The number of ether oxygens (including phenoxy) is 1. The molecule has 0 aromatic carbocycles. The van der Waals surface area contributed by atoms with Gasteiger partial charge in [-0.2, -0.15) is 5.10 Å². The lowest BCUT2D eigenvalue weighted by molar-refractivity contribution is -0.0635. The molecule has 1 aliphatic heterocycles. The van der Waals surface area contributed by atoms with Crippen LogP contribution in [-0.4, -0.2) is 31.9 Å². The Morgan fingerprint density at radius 3 is 2.90 bits per heavy atom. The third-order valence-corrected chi connectivity index (χ3v) is 3.54. The van der Waals surface area contributed by atoms with Gasteiger partial charge in [-0.3, -0.25) is 0 Å². The van der Waals surface area contributed by atoms with Crippen molar-refractivity contribution in [1.29, 1.82) is 0 Å². The van der Waals surface area contributed by atoms with E-state index in [0.717, 1.165) is 24.1 Å². The van der Waals surface area contributed by atoms with E-state index in [0.29, 0.717) is 5.82 Å². The van der Waals surface area contributed by atoms with Crippen LogP contribution in [0, 0.1) is 0 Å². The van der Waals surface area contributed by atoms with E-state index in [4.69, 9.17) is 10.5 Å². The first kappa shape index (κ1) is 14.7. The van der Waals surface area contributed by atoms with Gasteiger partial charge in [-0.25, -0.2) is 9.50 Å². The lowest BCUT2D eigenvalue weighted by Crippen LogP contribution is -2.28. The Hall–Kier alpha value is -1.66. The predicted molar refractivity (Wildman–Crippen MR) is 77.3 cm³/mol. The van der Waals surface area contributed by atoms with Gasteiger partial charge in [-0.1, -0.05) is 13.8 Å². The molecule has 1 saturated heterocycles. The van der Waals surface area contributed by atoms with Crippen molar-refractivity contribution < 1.29 is 9.84 Å². The van der Waals surface area contributed by atoms with E-state index in [1.807, 2.05) is 32.9 Å². The molecule has 3 heterocycles. The van der Waals surface area contributed by atoms with Crippen LogP contribution < -0.4 is 5.73 Å². The van der Waals surface area contributed by atoms with Gasteiger partial charge in [0.05, 0.1) is 17.9 Å². The molecule has 6 heteroatoms. The maximum atomic E-state index is 9.32. The Morgan fingerprint density at radius 1 is 1.50 bits per heavy atom. The molecule has 1 aliphatic rings. The van der Waals surface area contributed by atoms with Gasteiger partial charge in [0.2, 0.25) is 0 Å². The number of anilines is 1. The first-order valence-electron chi connectivity index (χ1n) is 7.00. The summed E-state index contributed by atoms with van der Waals surface area (Å²) in [4.78, 5) is 3.96. The Morgan fingerprint density at radius 2 is 2.25 bits per heavy atom. The average Bonchev–Trinajstić information content (AvgIpc) is 3.06. The summed E-state index contributed by atoms with van der Waals surface area (Å²) in [6.45, 7) is 5.95. The van der Waals surface area contributed by atoms with E-state index in [9.17, 15) is 5.11 Å². The topological polar surface area (TPSA) is 85.7 Å². The largest absolute Gasteiger partial charge is 0.393 e. The van der Waals surface area contributed by atoms with Gasteiger partial charge in [-0.15, -0.1) is 0 Å². The summed E-state index contributed by atoms with van der Waals surface area (Å²) in [5, 5.41) is 13.5.